The van der Waals surface area contributed by atoms with Gasteiger partial charge >= 0.3 is 5.97 Å². The van der Waals surface area contributed by atoms with E-state index in [0.717, 1.165) is 24.5 Å². The summed E-state index contributed by atoms with van der Waals surface area (Å²) in [6, 6.07) is 0.0364. The maximum absolute atomic E-state index is 12.0. The predicted molar refractivity (Wildman–Crippen MR) is 83.2 cm³/mol. The molecule has 124 valence electrons. The van der Waals surface area contributed by atoms with Crippen LogP contribution in [0.25, 0.3) is 0 Å². The van der Waals surface area contributed by atoms with E-state index in [1.165, 1.54) is 7.11 Å². The van der Waals surface area contributed by atoms with E-state index >= 15 is 0 Å². The van der Waals surface area contributed by atoms with Gasteiger partial charge < -0.3 is 15.0 Å². The monoisotopic (exact) mass is 329 g/mol. The molecule has 2 amide bonds. The molecule has 2 rings (SSSR count). The molecule has 2 saturated heterocycles. The van der Waals surface area contributed by atoms with Crippen molar-refractivity contribution in [2.75, 3.05) is 31.8 Å². The summed E-state index contributed by atoms with van der Waals surface area (Å²) >= 11 is 1.72. The van der Waals surface area contributed by atoms with Crippen molar-refractivity contribution in [3.05, 3.63) is 0 Å². The van der Waals surface area contributed by atoms with Crippen molar-refractivity contribution in [1.29, 1.82) is 0 Å². The normalized spacial score (nSPS) is 22.4. The highest BCUT2D eigenvalue weighted by Gasteiger charge is 2.28. The van der Waals surface area contributed by atoms with Crippen LogP contribution < -0.4 is 10.6 Å². The van der Waals surface area contributed by atoms with E-state index in [9.17, 15) is 14.4 Å². The molecule has 2 aliphatic heterocycles. The fourth-order valence-corrected chi connectivity index (χ4v) is 3.55. The Morgan fingerprint density at radius 2 is 2.00 bits per heavy atom. The van der Waals surface area contributed by atoms with Crippen LogP contribution in [0, 0.1) is 0 Å². The van der Waals surface area contributed by atoms with Gasteiger partial charge in [0.05, 0.1) is 19.6 Å². The Labute approximate surface area is 134 Å². The van der Waals surface area contributed by atoms with Crippen molar-refractivity contribution in [3.8, 4) is 0 Å². The Kier molecular flexibility index (Phi) is 6.50. The molecule has 2 N–H and O–H groups in total. The fraction of sp³-hybridized carbons (Fsp3) is 0.786. The highest BCUT2D eigenvalue weighted by molar-refractivity contribution is 7.99. The van der Waals surface area contributed by atoms with Crippen molar-refractivity contribution in [1.82, 2.24) is 15.5 Å². The van der Waals surface area contributed by atoms with Crippen LogP contribution in [0.1, 0.15) is 25.7 Å². The highest BCUT2D eigenvalue weighted by atomic mass is 32.2. The number of nitrogens with one attached hydrogen (secondary N) is 2. The second kappa shape index (κ2) is 8.38. The summed E-state index contributed by atoms with van der Waals surface area (Å²) in [4.78, 5) is 36.8. The molecule has 0 bridgehead atoms. The van der Waals surface area contributed by atoms with Crippen LogP contribution in [0.3, 0.4) is 0 Å². The summed E-state index contributed by atoms with van der Waals surface area (Å²) in [6.07, 6.45) is 1.83. The second-order valence-corrected chi connectivity index (χ2v) is 6.54. The largest absolute Gasteiger partial charge is 0.469 e. The quantitative estimate of drug-likeness (QED) is 0.674. The van der Waals surface area contributed by atoms with Crippen LogP contribution in [0.15, 0.2) is 0 Å². The molecule has 2 fully saturated rings. The molecule has 0 aliphatic carbocycles. The lowest BCUT2D eigenvalue weighted by atomic mass is 10.0. The number of piperidine rings is 1. The molecule has 0 aromatic heterocycles. The highest BCUT2D eigenvalue weighted by Crippen LogP contribution is 2.14. The lowest BCUT2D eigenvalue weighted by molar-refractivity contribution is -0.144. The van der Waals surface area contributed by atoms with E-state index in [1.54, 1.807) is 16.7 Å². The molecule has 1 unspecified atom stereocenters. The number of methoxy groups -OCH3 is 1. The molecule has 7 nitrogen and oxygen atoms in total. The first-order valence-electron chi connectivity index (χ1n) is 7.56. The number of rotatable bonds is 5. The number of amides is 2. The minimum absolute atomic E-state index is 0.0240. The topological polar surface area (TPSA) is 87.7 Å². The Hall–Kier alpha value is -1.28. The molecule has 0 aromatic rings. The first kappa shape index (κ1) is 17.1. The maximum atomic E-state index is 12.0. The van der Waals surface area contributed by atoms with E-state index in [4.69, 9.17) is 0 Å². The van der Waals surface area contributed by atoms with Gasteiger partial charge in [-0.3, -0.25) is 19.7 Å². The lowest BCUT2D eigenvalue weighted by Gasteiger charge is -2.33. The Balaban J connectivity index is 1.67. The third kappa shape index (κ3) is 4.88. The van der Waals surface area contributed by atoms with Crippen LogP contribution >= 0.6 is 11.8 Å². The van der Waals surface area contributed by atoms with Gasteiger partial charge in [0.15, 0.2) is 0 Å². The van der Waals surface area contributed by atoms with Crippen LogP contribution in [-0.2, 0) is 19.1 Å². The number of hydrogen-bond donors (Lipinski definition) is 2. The van der Waals surface area contributed by atoms with Gasteiger partial charge in [-0.2, -0.15) is 0 Å². The molecule has 0 aromatic carbocycles. The van der Waals surface area contributed by atoms with Crippen molar-refractivity contribution in [2.45, 2.75) is 37.8 Å². The van der Waals surface area contributed by atoms with Crippen LogP contribution in [-0.4, -0.2) is 66.6 Å². The minimum atomic E-state index is -0.363. The first-order valence-corrected chi connectivity index (χ1v) is 8.71. The average molecular weight is 329 g/mol. The molecular weight excluding hydrogens is 306 g/mol. The SMILES string of the molecule is COC(=O)CCC(=O)N1CCC(NC(=O)C2CSCN2)CC1. The number of thioether (sulfide) groups is 1. The summed E-state index contributed by atoms with van der Waals surface area (Å²) in [5, 5.41) is 6.20. The number of carbonyl (C=O) groups excluding carboxylic acids is 3. The number of carbonyl (C=O) groups is 3. The fourth-order valence-electron chi connectivity index (χ4n) is 2.61. The van der Waals surface area contributed by atoms with E-state index in [-0.39, 0.29) is 42.7 Å². The summed E-state index contributed by atoms with van der Waals surface area (Å²) in [6.45, 7) is 1.25. The first-order chi connectivity index (χ1) is 10.6. The van der Waals surface area contributed by atoms with E-state index in [2.05, 4.69) is 15.4 Å². The van der Waals surface area contributed by atoms with Crippen molar-refractivity contribution in [2.24, 2.45) is 0 Å². The Morgan fingerprint density at radius 3 is 2.59 bits per heavy atom. The van der Waals surface area contributed by atoms with E-state index < -0.39 is 0 Å². The average Bonchev–Trinajstić information content (AvgIpc) is 3.07. The van der Waals surface area contributed by atoms with Gasteiger partial charge in [-0.05, 0) is 12.8 Å². The molecule has 0 spiro atoms. The number of hydrogen-bond acceptors (Lipinski definition) is 6. The van der Waals surface area contributed by atoms with Gasteiger partial charge in [0.25, 0.3) is 0 Å². The Morgan fingerprint density at radius 1 is 1.27 bits per heavy atom. The van der Waals surface area contributed by atoms with Gasteiger partial charge in [0.1, 0.15) is 0 Å². The lowest BCUT2D eigenvalue weighted by Crippen LogP contribution is -2.51. The zero-order chi connectivity index (χ0) is 15.9. The van der Waals surface area contributed by atoms with Gasteiger partial charge in [-0.1, -0.05) is 0 Å². The number of esters is 1. The standard InChI is InChI=1S/C14H23N3O4S/c1-21-13(19)3-2-12(18)17-6-4-10(5-7-17)16-14(20)11-8-22-9-15-11/h10-11,15H,2-9H2,1H3,(H,16,20). The van der Waals surface area contributed by atoms with E-state index in [1.807, 2.05) is 0 Å². The number of likely N-dealkylation sites (tertiary alicyclic amines) is 1. The third-order valence-corrected chi connectivity index (χ3v) is 4.94. The van der Waals surface area contributed by atoms with Crippen LogP contribution in [0.2, 0.25) is 0 Å². The molecular formula is C14H23N3O4S. The maximum Gasteiger partial charge on any atom is 0.306 e. The van der Waals surface area contributed by atoms with Gasteiger partial charge in [-0.25, -0.2) is 0 Å². The smallest absolute Gasteiger partial charge is 0.306 e. The van der Waals surface area contributed by atoms with Crippen LogP contribution in [0.5, 0.6) is 0 Å². The molecule has 1 atom stereocenters. The molecule has 2 aliphatic rings. The summed E-state index contributed by atoms with van der Waals surface area (Å²) in [5.41, 5.74) is 0. The van der Waals surface area contributed by atoms with Crippen molar-refractivity contribution < 1.29 is 19.1 Å². The van der Waals surface area contributed by atoms with E-state index in [0.29, 0.717) is 13.1 Å². The van der Waals surface area contributed by atoms with Gasteiger partial charge in [0.2, 0.25) is 11.8 Å². The molecule has 22 heavy (non-hydrogen) atoms. The summed E-state index contributed by atoms with van der Waals surface area (Å²) in [7, 11) is 1.32. The number of nitrogens with zero attached hydrogens (tertiary/aromatic N) is 1. The number of ether oxygens (including phenoxy) is 1. The Bertz CT molecular complexity index is 418. The zero-order valence-corrected chi connectivity index (χ0v) is 13.6. The molecule has 8 heteroatoms. The summed E-state index contributed by atoms with van der Waals surface area (Å²) in [5.74, 6) is 1.31. The van der Waals surface area contributed by atoms with Gasteiger partial charge in [-0.15, -0.1) is 11.8 Å². The third-order valence-electron chi connectivity index (χ3n) is 4.00. The molecule has 0 saturated carbocycles. The second-order valence-electron chi connectivity index (χ2n) is 5.51. The zero-order valence-electron chi connectivity index (χ0n) is 12.8. The summed E-state index contributed by atoms with van der Waals surface area (Å²) < 4.78 is 4.53. The van der Waals surface area contributed by atoms with Crippen molar-refractivity contribution >= 4 is 29.5 Å². The minimum Gasteiger partial charge on any atom is -0.469 e. The van der Waals surface area contributed by atoms with Gasteiger partial charge in [0, 0.05) is 37.2 Å². The van der Waals surface area contributed by atoms with Crippen LogP contribution in [0.4, 0.5) is 0 Å². The van der Waals surface area contributed by atoms with Crippen molar-refractivity contribution in [3.63, 3.8) is 0 Å². The molecule has 2 heterocycles. The molecule has 0 radical (unpaired) electrons. The predicted octanol–water partition coefficient (Wildman–Crippen LogP) is -0.291.